The van der Waals surface area contributed by atoms with E-state index in [1.54, 1.807) is 18.9 Å². The first-order valence-corrected chi connectivity index (χ1v) is 6.29. The molecular formula is C13H25NO3. The fraction of sp³-hybridized carbons (Fsp3) is 0.846. The van der Waals surface area contributed by atoms with Crippen molar-refractivity contribution in [1.82, 2.24) is 4.90 Å². The summed E-state index contributed by atoms with van der Waals surface area (Å²) in [6, 6.07) is 0.213. The molecule has 0 saturated carbocycles. The quantitative estimate of drug-likeness (QED) is 0.644. The van der Waals surface area contributed by atoms with E-state index in [0.717, 1.165) is 6.42 Å². The Bertz CT molecular complexity index is 251. The van der Waals surface area contributed by atoms with Crippen molar-refractivity contribution in [3.8, 4) is 0 Å². The smallest absolute Gasteiger partial charge is 0.306 e. The molecular weight excluding hydrogens is 218 g/mol. The van der Waals surface area contributed by atoms with Crippen molar-refractivity contribution in [3.05, 3.63) is 0 Å². The van der Waals surface area contributed by atoms with Gasteiger partial charge in [-0.15, -0.1) is 0 Å². The molecule has 100 valence electrons. The molecule has 0 aromatic carbocycles. The van der Waals surface area contributed by atoms with Gasteiger partial charge in [0.2, 0.25) is 5.91 Å². The third kappa shape index (κ3) is 6.97. The van der Waals surface area contributed by atoms with Gasteiger partial charge in [0.25, 0.3) is 0 Å². The number of esters is 1. The van der Waals surface area contributed by atoms with Crippen molar-refractivity contribution in [2.24, 2.45) is 5.92 Å². The van der Waals surface area contributed by atoms with Gasteiger partial charge < -0.3 is 9.64 Å². The molecule has 4 nitrogen and oxygen atoms in total. The normalized spacial score (nSPS) is 12.4. The van der Waals surface area contributed by atoms with Gasteiger partial charge in [-0.05, 0) is 26.2 Å². The van der Waals surface area contributed by atoms with Crippen LogP contribution in [0.1, 0.15) is 47.0 Å². The highest BCUT2D eigenvalue weighted by Crippen LogP contribution is 2.11. The van der Waals surface area contributed by atoms with E-state index in [1.807, 2.05) is 6.92 Å². The highest BCUT2D eigenvalue weighted by molar-refractivity contribution is 5.81. The molecule has 0 spiro atoms. The van der Waals surface area contributed by atoms with Crippen LogP contribution in [0.3, 0.4) is 0 Å². The van der Waals surface area contributed by atoms with E-state index in [2.05, 4.69) is 13.8 Å². The number of amides is 1. The van der Waals surface area contributed by atoms with E-state index in [-0.39, 0.29) is 30.8 Å². The summed E-state index contributed by atoms with van der Waals surface area (Å²) in [5.74, 6) is 0.266. The minimum absolute atomic E-state index is 0.00574. The van der Waals surface area contributed by atoms with E-state index >= 15 is 0 Å². The van der Waals surface area contributed by atoms with Gasteiger partial charge in [0.15, 0.2) is 0 Å². The standard InChI is InChI=1S/C13H25NO3/c1-6-17-13(16)8-7-12(15)14(5)11(4)9-10(2)3/h10-11H,6-9H2,1-5H3. The number of carbonyl (C=O) groups excluding carboxylic acids is 2. The summed E-state index contributed by atoms with van der Waals surface area (Å²) in [4.78, 5) is 24.6. The van der Waals surface area contributed by atoms with Crippen molar-refractivity contribution in [3.63, 3.8) is 0 Å². The second-order valence-electron chi connectivity index (χ2n) is 4.79. The Morgan fingerprint density at radius 3 is 2.24 bits per heavy atom. The van der Waals surface area contributed by atoms with Gasteiger partial charge in [0, 0.05) is 19.5 Å². The van der Waals surface area contributed by atoms with Gasteiger partial charge in [-0.3, -0.25) is 9.59 Å². The summed E-state index contributed by atoms with van der Waals surface area (Å²) in [7, 11) is 1.79. The molecule has 0 aliphatic rings. The highest BCUT2D eigenvalue weighted by atomic mass is 16.5. The van der Waals surface area contributed by atoms with Crippen molar-refractivity contribution in [2.75, 3.05) is 13.7 Å². The van der Waals surface area contributed by atoms with E-state index in [0.29, 0.717) is 12.5 Å². The zero-order chi connectivity index (χ0) is 13.4. The highest BCUT2D eigenvalue weighted by Gasteiger charge is 2.17. The van der Waals surface area contributed by atoms with Crippen LogP contribution in [0.15, 0.2) is 0 Å². The average Bonchev–Trinajstić information content (AvgIpc) is 2.24. The molecule has 0 bridgehead atoms. The minimum atomic E-state index is -0.300. The molecule has 1 amide bonds. The van der Waals surface area contributed by atoms with E-state index in [9.17, 15) is 9.59 Å². The Hall–Kier alpha value is -1.06. The van der Waals surface area contributed by atoms with Gasteiger partial charge in [0.05, 0.1) is 13.0 Å². The number of nitrogens with zero attached hydrogens (tertiary/aromatic N) is 1. The van der Waals surface area contributed by atoms with E-state index in [4.69, 9.17) is 4.74 Å². The first-order chi connectivity index (χ1) is 7.88. The molecule has 1 atom stereocenters. The molecule has 0 aliphatic heterocycles. The van der Waals surface area contributed by atoms with Crippen LogP contribution in [0.4, 0.5) is 0 Å². The lowest BCUT2D eigenvalue weighted by atomic mass is 10.0. The van der Waals surface area contributed by atoms with Gasteiger partial charge in [-0.1, -0.05) is 13.8 Å². The van der Waals surface area contributed by atoms with Crippen LogP contribution in [-0.2, 0) is 14.3 Å². The molecule has 0 aromatic rings. The van der Waals surface area contributed by atoms with Crippen LogP contribution in [-0.4, -0.2) is 36.5 Å². The summed E-state index contributed by atoms with van der Waals surface area (Å²) < 4.78 is 4.79. The molecule has 0 radical (unpaired) electrons. The third-order valence-electron chi connectivity index (χ3n) is 2.72. The molecule has 4 heteroatoms. The van der Waals surface area contributed by atoms with Crippen molar-refractivity contribution < 1.29 is 14.3 Å². The molecule has 0 heterocycles. The summed E-state index contributed by atoms with van der Waals surface area (Å²) >= 11 is 0. The first kappa shape index (κ1) is 15.9. The molecule has 0 aliphatic carbocycles. The van der Waals surface area contributed by atoms with E-state index in [1.165, 1.54) is 0 Å². The van der Waals surface area contributed by atoms with Crippen LogP contribution in [0.2, 0.25) is 0 Å². The average molecular weight is 243 g/mol. The van der Waals surface area contributed by atoms with Crippen LogP contribution in [0.5, 0.6) is 0 Å². The zero-order valence-electron chi connectivity index (χ0n) is 11.7. The molecule has 0 fully saturated rings. The molecule has 0 rings (SSSR count). The third-order valence-corrected chi connectivity index (χ3v) is 2.72. The fourth-order valence-corrected chi connectivity index (χ4v) is 1.70. The van der Waals surface area contributed by atoms with E-state index < -0.39 is 0 Å². The lowest BCUT2D eigenvalue weighted by Crippen LogP contribution is -2.36. The number of hydrogen-bond donors (Lipinski definition) is 0. The largest absolute Gasteiger partial charge is 0.466 e. The molecule has 0 saturated heterocycles. The number of ether oxygens (including phenoxy) is 1. The number of rotatable bonds is 7. The Morgan fingerprint density at radius 1 is 1.18 bits per heavy atom. The second kappa shape index (κ2) is 8.09. The Labute approximate surface area is 104 Å². The summed E-state index contributed by atoms with van der Waals surface area (Å²) in [6.07, 6.45) is 1.38. The summed E-state index contributed by atoms with van der Waals surface area (Å²) in [5, 5.41) is 0. The Balaban J connectivity index is 4.00. The predicted octanol–water partition coefficient (Wildman–Crippen LogP) is 2.22. The minimum Gasteiger partial charge on any atom is -0.466 e. The van der Waals surface area contributed by atoms with Crippen LogP contribution < -0.4 is 0 Å². The molecule has 0 aromatic heterocycles. The Kier molecular flexibility index (Phi) is 7.59. The van der Waals surface area contributed by atoms with Gasteiger partial charge in [-0.2, -0.15) is 0 Å². The van der Waals surface area contributed by atoms with Crippen molar-refractivity contribution in [2.45, 2.75) is 53.0 Å². The molecule has 1 unspecified atom stereocenters. The maximum absolute atomic E-state index is 11.8. The van der Waals surface area contributed by atoms with Crippen molar-refractivity contribution >= 4 is 11.9 Å². The maximum Gasteiger partial charge on any atom is 0.306 e. The predicted molar refractivity (Wildman–Crippen MR) is 67.6 cm³/mol. The zero-order valence-corrected chi connectivity index (χ0v) is 11.7. The second-order valence-corrected chi connectivity index (χ2v) is 4.79. The number of hydrogen-bond acceptors (Lipinski definition) is 3. The lowest BCUT2D eigenvalue weighted by molar-refractivity contribution is -0.145. The first-order valence-electron chi connectivity index (χ1n) is 6.29. The van der Waals surface area contributed by atoms with Crippen LogP contribution >= 0.6 is 0 Å². The van der Waals surface area contributed by atoms with Gasteiger partial charge in [-0.25, -0.2) is 0 Å². The summed E-state index contributed by atoms with van der Waals surface area (Å²) in [6.45, 7) is 8.42. The lowest BCUT2D eigenvalue weighted by Gasteiger charge is -2.26. The molecule has 17 heavy (non-hydrogen) atoms. The van der Waals surface area contributed by atoms with Gasteiger partial charge >= 0.3 is 5.97 Å². The van der Waals surface area contributed by atoms with Gasteiger partial charge in [0.1, 0.15) is 0 Å². The molecule has 0 N–H and O–H groups in total. The fourth-order valence-electron chi connectivity index (χ4n) is 1.70. The Morgan fingerprint density at radius 2 is 1.76 bits per heavy atom. The van der Waals surface area contributed by atoms with Crippen LogP contribution in [0.25, 0.3) is 0 Å². The monoisotopic (exact) mass is 243 g/mol. The topological polar surface area (TPSA) is 46.6 Å². The number of carbonyl (C=O) groups is 2. The van der Waals surface area contributed by atoms with Crippen molar-refractivity contribution in [1.29, 1.82) is 0 Å². The summed E-state index contributed by atoms with van der Waals surface area (Å²) in [5.41, 5.74) is 0. The maximum atomic E-state index is 11.8. The van der Waals surface area contributed by atoms with Crippen LogP contribution in [0, 0.1) is 5.92 Å². The SMILES string of the molecule is CCOC(=O)CCC(=O)N(C)C(C)CC(C)C.